The second-order valence-electron chi connectivity index (χ2n) is 6.13. The lowest BCUT2D eigenvalue weighted by atomic mass is 10.0. The highest BCUT2D eigenvalue weighted by Gasteiger charge is 2.41. The molecule has 1 amide bonds. The van der Waals surface area contributed by atoms with Gasteiger partial charge in [-0.2, -0.15) is 0 Å². The van der Waals surface area contributed by atoms with Gasteiger partial charge in [0.1, 0.15) is 5.75 Å². The molecule has 0 aromatic heterocycles. The summed E-state index contributed by atoms with van der Waals surface area (Å²) in [6, 6.07) is 5.54. The van der Waals surface area contributed by atoms with E-state index in [-0.39, 0.29) is 5.91 Å². The molecule has 126 valence electrons. The van der Waals surface area contributed by atoms with Crippen LogP contribution in [0.1, 0.15) is 25.3 Å². The van der Waals surface area contributed by atoms with Crippen molar-refractivity contribution in [2.24, 2.45) is 0 Å². The van der Waals surface area contributed by atoms with Crippen LogP contribution in [0.5, 0.6) is 5.75 Å². The summed E-state index contributed by atoms with van der Waals surface area (Å²) in [7, 11) is 0. The van der Waals surface area contributed by atoms with Crippen LogP contribution in [0.4, 0.5) is 0 Å². The summed E-state index contributed by atoms with van der Waals surface area (Å²) < 4.78 is 17.1. The minimum absolute atomic E-state index is 0.0320. The second kappa shape index (κ2) is 6.67. The van der Waals surface area contributed by atoms with Crippen molar-refractivity contribution in [1.82, 2.24) is 4.90 Å². The van der Waals surface area contributed by atoms with Crippen LogP contribution in [0.3, 0.4) is 0 Å². The summed E-state index contributed by atoms with van der Waals surface area (Å²) in [4.78, 5) is 14.4. The Kier molecular flexibility index (Phi) is 4.80. The van der Waals surface area contributed by atoms with E-state index in [2.05, 4.69) is 0 Å². The van der Waals surface area contributed by atoms with Crippen molar-refractivity contribution in [3.8, 4) is 5.75 Å². The Morgan fingerprint density at radius 2 is 1.96 bits per heavy atom. The number of carbonyl (C=O) groups excluding carboxylic acids is 1. The van der Waals surface area contributed by atoms with E-state index in [4.69, 9.17) is 25.8 Å². The minimum atomic E-state index is -0.575. The second-order valence-corrected chi connectivity index (χ2v) is 6.53. The SMILES string of the molecule is Cc1ccc(Cl)c(OC(C)C(=O)N2CCC3(CC2)OCCO3)c1. The van der Waals surface area contributed by atoms with Gasteiger partial charge in [-0.15, -0.1) is 0 Å². The number of hydrogen-bond acceptors (Lipinski definition) is 4. The molecule has 3 rings (SSSR count). The molecule has 2 heterocycles. The van der Waals surface area contributed by atoms with Crippen molar-refractivity contribution >= 4 is 17.5 Å². The van der Waals surface area contributed by atoms with Crippen LogP contribution in [0.25, 0.3) is 0 Å². The molecule has 5 nitrogen and oxygen atoms in total. The summed E-state index contributed by atoms with van der Waals surface area (Å²) in [6.45, 7) is 6.23. The number of rotatable bonds is 3. The molecule has 1 spiro atoms. The Balaban J connectivity index is 1.58. The van der Waals surface area contributed by atoms with Gasteiger partial charge in [-0.05, 0) is 31.5 Å². The molecule has 0 radical (unpaired) electrons. The summed E-state index contributed by atoms with van der Waals surface area (Å²) in [5.74, 6) is 0.0413. The molecule has 6 heteroatoms. The van der Waals surface area contributed by atoms with E-state index < -0.39 is 11.9 Å². The lowest BCUT2D eigenvalue weighted by Gasteiger charge is -2.38. The fourth-order valence-electron chi connectivity index (χ4n) is 3.05. The minimum Gasteiger partial charge on any atom is -0.479 e. The Bertz CT molecular complexity index is 576. The number of likely N-dealkylation sites (tertiary alicyclic amines) is 1. The maximum atomic E-state index is 12.6. The number of hydrogen-bond donors (Lipinski definition) is 0. The Morgan fingerprint density at radius 1 is 1.30 bits per heavy atom. The average Bonchev–Trinajstić information content (AvgIpc) is 2.99. The molecule has 23 heavy (non-hydrogen) atoms. The molecule has 2 saturated heterocycles. The van der Waals surface area contributed by atoms with E-state index in [0.717, 1.165) is 5.56 Å². The molecule has 1 atom stereocenters. The number of carbonyl (C=O) groups is 1. The summed E-state index contributed by atoms with van der Waals surface area (Å²) in [5.41, 5.74) is 1.04. The van der Waals surface area contributed by atoms with Gasteiger partial charge in [-0.1, -0.05) is 17.7 Å². The normalized spacial score (nSPS) is 21.4. The molecule has 1 aromatic carbocycles. The first-order valence-corrected chi connectivity index (χ1v) is 8.36. The Labute approximate surface area is 141 Å². The van der Waals surface area contributed by atoms with Crippen LogP contribution in [0.2, 0.25) is 5.02 Å². The maximum absolute atomic E-state index is 12.6. The largest absolute Gasteiger partial charge is 0.479 e. The lowest BCUT2D eigenvalue weighted by Crippen LogP contribution is -2.50. The third kappa shape index (κ3) is 3.62. The van der Waals surface area contributed by atoms with Crippen LogP contribution in [-0.2, 0) is 14.3 Å². The van der Waals surface area contributed by atoms with Crippen molar-refractivity contribution in [2.45, 2.75) is 38.6 Å². The number of benzene rings is 1. The number of halogens is 1. The molecule has 0 saturated carbocycles. The van der Waals surface area contributed by atoms with Gasteiger partial charge in [0.25, 0.3) is 5.91 Å². The lowest BCUT2D eigenvalue weighted by molar-refractivity contribution is -0.188. The molecule has 1 aromatic rings. The summed E-state index contributed by atoms with van der Waals surface area (Å²) in [6.07, 6.45) is 0.835. The van der Waals surface area contributed by atoms with E-state index in [1.807, 2.05) is 24.0 Å². The molecule has 2 fully saturated rings. The van der Waals surface area contributed by atoms with Crippen LogP contribution >= 0.6 is 11.6 Å². The van der Waals surface area contributed by atoms with Crippen LogP contribution < -0.4 is 4.74 Å². The van der Waals surface area contributed by atoms with Crippen molar-refractivity contribution in [2.75, 3.05) is 26.3 Å². The average molecular weight is 340 g/mol. The summed E-state index contributed by atoms with van der Waals surface area (Å²) in [5, 5.41) is 0.514. The first-order chi connectivity index (χ1) is 11.0. The number of aryl methyl sites for hydroxylation is 1. The molecule has 2 aliphatic rings. The maximum Gasteiger partial charge on any atom is 0.263 e. The van der Waals surface area contributed by atoms with Gasteiger partial charge < -0.3 is 19.1 Å². The highest BCUT2D eigenvalue weighted by atomic mass is 35.5. The highest BCUT2D eigenvalue weighted by Crippen LogP contribution is 2.32. The molecular weight excluding hydrogens is 318 g/mol. The zero-order chi connectivity index (χ0) is 16.4. The van der Waals surface area contributed by atoms with Gasteiger partial charge in [0, 0.05) is 25.9 Å². The zero-order valence-corrected chi connectivity index (χ0v) is 14.3. The molecule has 2 aliphatic heterocycles. The van der Waals surface area contributed by atoms with E-state index >= 15 is 0 Å². The van der Waals surface area contributed by atoms with Crippen molar-refractivity contribution in [3.05, 3.63) is 28.8 Å². The van der Waals surface area contributed by atoms with Gasteiger partial charge >= 0.3 is 0 Å². The molecule has 1 unspecified atom stereocenters. The number of ether oxygens (including phenoxy) is 3. The van der Waals surface area contributed by atoms with Crippen molar-refractivity contribution < 1.29 is 19.0 Å². The van der Waals surface area contributed by atoms with Crippen LogP contribution in [0.15, 0.2) is 18.2 Å². The third-order valence-electron chi connectivity index (χ3n) is 4.39. The van der Waals surface area contributed by atoms with E-state index in [9.17, 15) is 4.79 Å². The smallest absolute Gasteiger partial charge is 0.263 e. The van der Waals surface area contributed by atoms with Gasteiger partial charge in [-0.25, -0.2) is 0 Å². The summed E-state index contributed by atoms with van der Waals surface area (Å²) >= 11 is 6.13. The Hall–Kier alpha value is -1.30. The molecule has 0 N–H and O–H groups in total. The van der Waals surface area contributed by atoms with Crippen LogP contribution in [0, 0.1) is 6.92 Å². The van der Waals surface area contributed by atoms with Gasteiger partial charge in [0.15, 0.2) is 11.9 Å². The topological polar surface area (TPSA) is 48.0 Å². The highest BCUT2D eigenvalue weighted by molar-refractivity contribution is 6.32. The van der Waals surface area contributed by atoms with Gasteiger partial charge in [0.05, 0.1) is 18.2 Å². The van der Waals surface area contributed by atoms with Crippen molar-refractivity contribution in [3.63, 3.8) is 0 Å². The predicted molar refractivity (Wildman–Crippen MR) is 86.7 cm³/mol. The monoisotopic (exact) mass is 339 g/mol. The first-order valence-electron chi connectivity index (χ1n) is 7.99. The quantitative estimate of drug-likeness (QED) is 0.849. The Morgan fingerprint density at radius 3 is 2.61 bits per heavy atom. The fraction of sp³-hybridized carbons (Fsp3) is 0.588. The zero-order valence-electron chi connectivity index (χ0n) is 13.5. The molecular formula is C17H22ClNO4. The first kappa shape index (κ1) is 16.6. The third-order valence-corrected chi connectivity index (χ3v) is 4.70. The number of piperidine rings is 1. The number of nitrogens with zero attached hydrogens (tertiary/aromatic N) is 1. The predicted octanol–water partition coefficient (Wildman–Crippen LogP) is 2.78. The standard InChI is InChI=1S/C17H22ClNO4/c1-12-3-4-14(18)15(11-12)23-13(2)16(20)19-7-5-17(6-8-19)21-9-10-22-17/h3-4,11,13H,5-10H2,1-2H3. The van der Waals surface area contributed by atoms with E-state index in [1.54, 1.807) is 13.0 Å². The van der Waals surface area contributed by atoms with E-state index in [0.29, 0.717) is 49.9 Å². The molecule has 0 aliphatic carbocycles. The van der Waals surface area contributed by atoms with Crippen LogP contribution in [-0.4, -0.2) is 49.0 Å². The fourth-order valence-corrected chi connectivity index (χ4v) is 3.21. The molecule has 0 bridgehead atoms. The number of amides is 1. The van der Waals surface area contributed by atoms with E-state index in [1.165, 1.54) is 0 Å². The van der Waals surface area contributed by atoms with Gasteiger partial charge in [-0.3, -0.25) is 4.79 Å². The van der Waals surface area contributed by atoms with Gasteiger partial charge in [0.2, 0.25) is 0 Å². The van der Waals surface area contributed by atoms with Crippen molar-refractivity contribution in [1.29, 1.82) is 0 Å².